The number of benzene rings is 2. The van der Waals surface area contributed by atoms with Gasteiger partial charge < -0.3 is 14.4 Å². The molecule has 1 aromatic heterocycles. The molecule has 0 saturated carbocycles. The third kappa shape index (κ3) is 2.47. The first kappa shape index (κ1) is 16.4. The zero-order valence-electron chi connectivity index (χ0n) is 14.4. The number of hydrogen-bond donors (Lipinski definition) is 1. The van der Waals surface area contributed by atoms with Gasteiger partial charge in [0.25, 0.3) is 5.91 Å². The molecule has 26 heavy (non-hydrogen) atoms. The lowest BCUT2D eigenvalue weighted by molar-refractivity contribution is 0.0725. The zero-order valence-corrected chi connectivity index (χ0v) is 14.4. The van der Waals surface area contributed by atoms with Gasteiger partial charge in [0.2, 0.25) is 5.76 Å². The molecule has 0 spiro atoms. The number of aromatic hydroxyl groups is 1. The van der Waals surface area contributed by atoms with Gasteiger partial charge in [-0.25, -0.2) is 0 Å². The highest BCUT2D eigenvalue weighted by Crippen LogP contribution is 2.38. The van der Waals surface area contributed by atoms with E-state index in [2.05, 4.69) is 6.92 Å². The Kier molecular flexibility index (Phi) is 3.99. The lowest BCUT2D eigenvalue weighted by atomic mass is 9.98. The first-order valence-electron chi connectivity index (χ1n) is 8.77. The average molecular weight is 349 g/mol. The van der Waals surface area contributed by atoms with Crippen molar-refractivity contribution in [3.05, 3.63) is 75.6 Å². The number of carbonyl (C=O) groups excluding carboxylic acids is 1. The molecule has 0 unspecified atom stereocenters. The lowest BCUT2D eigenvalue weighted by Gasteiger charge is -2.25. The van der Waals surface area contributed by atoms with Crippen LogP contribution in [0.1, 0.15) is 47.5 Å². The summed E-state index contributed by atoms with van der Waals surface area (Å²) in [5.41, 5.74) is 1.28. The summed E-state index contributed by atoms with van der Waals surface area (Å²) in [6, 6.07) is 13.1. The van der Waals surface area contributed by atoms with Crippen LogP contribution in [0.25, 0.3) is 11.0 Å². The highest BCUT2D eigenvalue weighted by Gasteiger charge is 2.42. The third-order valence-corrected chi connectivity index (χ3v) is 4.81. The maximum atomic E-state index is 13.2. The summed E-state index contributed by atoms with van der Waals surface area (Å²) in [7, 11) is 0. The summed E-state index contributed by atoms with van der Waals surface area (Å²) in [6.07, 6.45) is 1.75. The Labute approximate surface area is 150 Å². The Balaban J connectivity index is 1.97. The minimum Gasteiger partial charge on any atom is -0.508 e. The number of fused-ring (bicyclic) bond motifs is 2. The van der Waals surface area contributed by atoms with E-state index >= 15 is 0 Å². The zero-order chi connectivity index (χ0) is 18.3. The van der Waals surface area contributed by atoms with Crippen LogP contribution in [-0.2, 0) is 0 Å². The van der Waals surface area contributed by atoms with Crippen LogP contribution in [0.15, 0.2) is 57.7 Å². The van der Waals surface area contributed by atoms with Crippen molar-refractivity contribution in [2.45, 2.75) is 25.8 Å². The first-order valence-corrected chi connectivity index (χ1v) is 8.77. The van der Waals surface area contributed by atoms with Crippen LogP contribution in [0.5, 0.6) is 5.75 Å². The number of amides is 1. The molecule has 1 N–H and O–H groups in total. The molecule has 2 aromatic carbocycles. The van der Waals surface area contributed by atoms with Crippen LogP contribution in [0.4, 0.5) is 0 Å². The van der Waals surface area contributed by atoms with Crippen molar-refractivity contribution in [2.24, 2.45) is 0 Å². The molecule has 0 bridgehead atoms. The molecule has 3 aromatic rings. The second-order valence-electron chi connectivity index (χ2n) is 6.52. The second kappa shape index (κ2) is 6.33. The van der Waals surface area contributed by atoms with E-state index in [9.17, 15) is 14.7 Å². The molecule has 0 radical (unpaired) electrons. The van der Waals surface area contributed by atoms with Crippen LogP contribution in [-0.4, -0.2) is 22.5 Å². The lowest BCUT2D eigenvalue weighted by Crippen LogP contribution is -2.30. The Morgan fingerprint density at radius 1 is 1.12 bits per heavy atom. The monoisotopic (exact) mass is 349 g/mol. The fraction of sp³-hybridized carbons (Fsp3) is 0.238. The van der Waals surface area contributed by atoms with Crippen molar-refractivity contribution in [3.8, 4) is 5.75 Å². The predicted octanol–water partition coefficient (Wildman–Crippen LogP) is 3.84. The second-order valence-corrected chi connectivity index (χ2v) is 6.52. The van der Waals surface area contributed by atoms with Gasteiger partial charge in [-0.2, -0.15) is 0 Å². The number of rotatable bonds is 4. The van der Waals surface area contributed by atoms with Crippen LogP contribution in [0.3, 0.4) is 0 Å². The molecule has 5 heteroatoms. The highest BCUT2D eigenvalue weighted by molar-refractivity contribution is 5.99. The molecule has 1 atom stereocenters. The van der Waals surface area contributed by atoms with E-state index in [0.717, 1.165) is 12.8 Å². The average Bonchev–Trinajstić information content (AvgIpc) is 2.93. The number of carbonyl (C=O) groups is 1. The van der Waals surface area contributed by atoms with E-state index < -0.39 is 6.04 Å². The van der Waals surface area contributed by atoms with Crippen LogP contribution in [0, 0.1) is 0 Å². The maximum absolute atomic E-state index is 13.2. The largest absolute Gasteiger partial charge is 0.508 e. The van der Waals surface area contributed by atoms with E-state index in [4.69, 9.17) is 4.42 Å². The molecular weight excluding hydrogens is 330 g/mol. The third-order valence-electron chi connectivity index (χ3n) is 4.81. The quantitative estimate of drug-likeness (QED) is 0.777. The van der Waals surface area contributed by atoms with Crippen molar-refractivity contribution < 1.29 is 14.3 Å². The molecule has 4 rings (SSSR count). The maximum Gasteiger partial charge on any atom is 0.290 e. The van der Waals surface area contributed by atoms with Crippen LogP contribution >= 0.6 is 0 Å². The number of nitrogens with zero attached hydrogens (tertiary/aromatic N) is 1. The molecule has 1 amide bonds. The summed E-state index contributed by atoms with van der Waals surface area (Å²) in [5.74, 6) is -0.0631. The van der Waals surface area contributed by atoms with E-state index in [1.54, 1.807) is 47.4 Å². The fourth-order valence-electron chi connectivity index (χ4n) is 3.57. The first-order chi connectivity index (χ1) is 12.6. The van der Waals surface area contributed by atoms with Crippen LogP contribution in [0.2, 0.25) is 0 Å². The Morgan fingerprint density at radius 3 is 2.69 bits per heavy atom. The molecule has 1 aliphatic heterocycles. The summed E-state index contributed by atoms with van der Waals surface area (Å²) in [4.78, 5) is 27.8. The molecule has 1 aliphatic rings. The van der Waals surface area contributed by atoms with Gasteiger partial charge in [0.05, 0.1) is 17.0 Å². The minimum atomic E-state index is -0.544. The standard InChI is InChI=1S/C21H19NO4/c1-2-3-11-22-18(13-7-6-8-14(23)12-13)17-19(24)15-9-4-5-10-16(15)26-20(17)21(22)25/h4-10,12,18,23H,2-3,11H2,1H3/t18-/m0/s1. The van der Waals surface area contributed by atoms with Gasteiger partial charge in [0, 0.05) is 6.54 Å². The number of hydrogen-bond acceptors (Lipinski definition) is 4. The van der Waals surface area contributed by atoms with E-state index in [1.807, 2.05) is 6.07 Å². The van der Waals surface area contributed by atoms with Crippen molar-refractivity contribution in [1.29, 1.82) is 0 Å². The van der Waals surface area contributed by atoms with Crippen LogP contribution < -0.4 is 5.43 Å². The van der Waals surface area contributed by atoms with Crippen molar-refractivity contribution in [2.75, 3.05) is 6.54 Å². The minimum absolute atomic E-state index is 0.101. The molecule has 0 aliphatic carbocycles. The molecule has 5 nitrogen and oxygen atoms in total. The van der Waals surface area contributed by atoms with E-state index in [0.29, 0.717) is 28.6 Å². The van der Waals surface area contributed by atoms with Gasteiger partial charge in [-0.15, -0.1) is 0 Å². The van der Waals surface area contributed by atoms with Crippen molar-refractivity contribution in [3.63, 3.8) is 0 Å². The number of phenolic OH excluding ortho intramolecular Hbond substituents is 1. The van der Waals surface area contributed by atoms with Gasteiger partial charge in [0.15, 0.2) is 5.43 Å². The summed E-state index contributed by atoms with van der Waals surface area (Å²) >= 11 is 0. The summed E-state index contributed by atoms with van der Waals surface area (Å²) < 4.78 is 5.84. The van der Waals surface area contributed by atoms with Gasteiger partial charge >= 0.3 is 0 Å². The van der Waals surface area contributed by atoms with Crippen molar-refractivity contribution in [1.82, 2.24) is 4.90 Å². The molecular formula is C21H19NO4. The molecule has 132 valence electrons. The van der Waals surface area contributed by atoms with Gasteiger partial charge in [0.1, 0.15) is 11.3 Å². The Hall–Kier alpha value is -3.08. The number of para-hydroxylation sites is 1. The Bertz CT molecular complexity index is 1050. The summed E-state index contributed by atoms with van der Waals surface area (Å²) in [5, 5.41) is 10.3. The van der Waals surface area contributed by atoms with Gasteiger partial charge in [-0.3, -0.25) is 9.59 Å². The number of unbranched alkanes of at least 4 members (excludes halogenated alkanes) is 1. The SMILES string of the molecule is CCCCN1C(=O)c2oc3ccccc3c(=O)c2[C@@H]1c1cccc(O)c1. The topological polar surface area (TPSA) is 70.8 Å². The molecule has 0 saturated heterocycles. The molecule has 2 heterocycles. The number of phenols is 1. The summed E-state index contributed by atoms with van der Waals surface area (Å²) in [6.45, 7) is 2.57. The Morgan fingerprint density at radius 2 is 1.92 bits per heavy atom. The highest BCUT2D eigenvalue weighted by atomic mass is 16.3. The molecule has 0 fully saturated rings. The predicted molar refractivity (Wildman–Crippen MR) is 98.4 cm³/mol. The van der Waals surface area contributed by atoms with Gasteiger partial charge in [-0.1, -0.05) is 37.6 Å². The van der Waals surface area contributed by atoms with Gasteiger partial charge in [-0.05, 0) is 36.2 Å². The van der Waals surface area contributed by atoms with E-state index in [1.165, 1.54) is 0 Å². The fourth-order valence-corrected chi connectivity index (χ4v) is 3.57. The van der Waals surface area contributed by atoms with E-state index in [-0.39, 0.29) is 22.8 Å². The normalized spacial score (nSPS) is 16.3. The smallest absolute Gasteiger partial charge is 0.290 e. The van der Waals surface area contributed by atoms with Crippen molar-refractivity contribution >= 4 is 16.9 Å².